The molecule has 3 aliphatic rings. The van der Waals surface area contributed by atoms with Gasteiger partial charge < -0.3 is 28.4 Å². The molecule has 0 aliphatic carbocycles. The maximum atomic E-state index is 6.76. The van der Waals surface area contributed by atoms with Crippen molar-refractivity contribution in [1.29, 1.82) is 0 Å². The topological polar surface area (TPSA) is 55.4 Å². The zero-order valence-electron chi connectivity index (χ0n) is 23.4. The lowest BCUT2D eigenvalue weighted by Crippen LogP contribution is -2.57. The van der Waals surface area contributed by atoms with Gasteiger partial charge in [0.15, 0.2) is 12.6 Å². The standard InChI is InChI=1S/C28H52O6/c1-11-21-25(16(5)15(4)14-30-21)33-28-20(9)18(7)26(23(13-3)32-28)34-27-19(8)17(6)24(29-10)22(12-2)31-27/h15-28H,11-14H2,1-10H3/t15?,16-,17-,18-,19?,20?,21?,22?,23?,24+,25+,26+,27+,28+/m1/s1. The summed E-state index contributed by atoms with van der Waals surface area (Å²) in [5.74, 6) is 2.02. The maximum absolute atomic E-state index is 6.76. The van der Waals surface area contributed by atoms with E-state index in [0.29, 0.717) is 17.8 Å². The van der Waals surface area contributed by atoms with Crippen LogP contribution in [0.2, 0.25) is 0 Å². The van der Waals surface area contributed by atoms with Crippen molar-refractivity contribution in [3.63, 3.8) is 0 Å². The molecule has 0 saturated carbocycles. The Bertz CT molecular complexity index is 610. The summed E-state index contributed by atoms with van der Waals surface area (Å²) in [5, 5.41) is 0. The largest absolute Gasteiger partial charge is 0.378 e. The van der Waals surface area contributed by atoms with Crippen molar-refractivity contribution in [2.75, 3.05) is 13.7 Å². The van der Waals surface area contributed by atoms with Crippen LogP contribution in [0.15, 0.2) is 0 Å². The third kappa shape index (κ3) is 5.68. The highest BCUT2D eigenvalue weighted by atomic mass is 16.7. The summed E-state index contributed by atoms with van der Waals surface area (Å²) in [6.45, 7) is 20.9. The van der Waals surface area contributed by atoms with Gasteiger partial charge in [0.25, 0.3) is 0 Å². The molecular formula is C28H52O6. The maximum Gasteiger partial charge on any atom is 0.161 e. The minimum atomic E-state index is -0.252. The van der Waals surface area contributed by atoms with Gasteiger partial charge >= 0.3 is 0 Å². The number of ether oxygens (including phenoxy) is 6. The number of rotatable bonds is 8. The summed E-state index contributed by atoms with van der Waals surface area (Å²) < 4.78 is 38.5. The van der Waals surface area contributed by atoms with Crippen LogP contribution in [0.4, 0.5) is 0 Å². The second kappa shape index (κ2) is 12.3. The SMILES string of the molecule is CCC1OCC(C)[C@@H](C)[C@@H]1O[C@@H]1OC(CC)[C@@H](O[C@@H]2OC(CC)[C@@H](OC)[C@H](C)C2C)[C@H](C)C1C. The smallest absolute Gasteiger partial charge is 0.161 e. The first-order chi connectivity index (χ1) is 16.2. The first-order valence-electron chi connectivity index (χ1n) is 13.9. The van der Waals surface area contributed by atoms with Gasteiger partial charge in [0, 0.05) is 25.6 Å². The van der Waals surface area contributed by atoms with Crippen molar-refractivity contribution < 1.29 is 28.4 Å². The number of hydrogen-bond acceptors (Lipinski definition) is 6. The molecule has 3 saturated heterocycles. The lowest BCUT2D eigenvalue weighted by atomic mass is 9.81. The van der Waals surface area contributed by atoms with Gasteiger partial charge in [-0.2, -0.15) is 0 Å². The second-order valence-electron chi connectivity index (χ2n) is 11.4. The molecule has 3 aliphatic heterocycles. The van der Waals surface area contributed by atoms with Crippen LogP contribution in [-0.4, -0.2) is 62.9 Å². The van der Waals surface area contributed by atoms with Gasteiger partial charge in [0.1, 0.15) is 0 Å². The summed E-state index contributed by atoms with van der Waals surface area (Å²) in [6, 6.07) is 0. The molecule has 0 aromatic carbocycles. The van der Waals surface area contributed by atoms with Crippen molar-refractivity contribution in [1.82, 2.24) is 0 Å². The molecule has 14 atom stereocenters. The molecule has 34 heavy (non-hydrogen) atoms. The summed E-state index contributed by atoms with van der Waals surface area (Å²) >= 11 is 0. The van der Waals surface area contributed by atoms with E-state index >= 15 is 0 Å². The molecule has 0 aromatic heterocycles. The molecule has 0 amide bonds. The monoisotopic (exact) mass is 484 g/mol. The third-order valence-electron chi connectivity index (χ3n) is 9.32. The Labute approximate surface area is 208 Å². The van der Waals surface area contributed by atoms with Crippen LogP contribution in [0.3, 0.4) is 0 Å². The minimum absolute atomic E-state index is 0.0279. The normalized spacial score (nSPS) is 50.3. The van der Waals surface area contributed by atoms with Gasteiger partial charge in [0.05, 0.1) is 36.6 Å². The molecule has 6 nitrogen and oxygen atoms in total. The van der Waals surface area contributed by atoms with Crippen LogP contribution in [-0.2, 0) is 28.4 Å². The van der Waals surface area contributed by atoms with Crippen LogP contribution in [0, 0.1) is 35.5 Å². The van der Waals surface area contributed by atoms with Crippen molar-refractivity contribution in [2.24, 2.45) is 35.5 Å². The molecule has 6 heteroatoms. The van der Waals surface area contributed by atoms with Crippen molar-refractivity contribution in [3.05, 3.63) is 0 Å². The minimum Gasteiger partial charge on any atom is -0.378 e. The van der Waals surface area contributed by atoms with E-state index in [9.17, 15) is 0 Å². The van der Waals surface area contributed by atoms with Gasteiger partial charge in [-0.3, -0.25) is 0 Å². The Morgan fingerprint density at radius 1 is 0.588 bits per heavy atom. The van der Waals surface area contributed by atoms with E-state index in [2.05, 4.69) is 62.3 Å². The molecule has 3 heterocycles. The fourth-order valence-corrected chi connectivity index (χ4v) is 6.12. The molecule has 3 fully saturated rings. The van der Waals surface area contributed by atoms with E-state index in [4.69, 9.17) is 28.4 Å². The molecular weight excluding hydrogens is 432 g/mol. The molecule has 0 aromatic rings. The summed E-state index contributed by atoms with van der Waals surface area (Å²) in [4.78, 5) is 0. The van der Waals surface area contributed by atoms with Crippen LogP contribution in [0.25, 0.3) is 0 Å². The molecule has 0 N–H and O–H groups in total. The lowest BCUT2D eigenvalue weighted by molar-refractivity contribution is -0.341. The second-order valence-corrected chi connectivity index (χ2v) is 11.4. The van der Waals surface area contributed by atoms with E-state index in [0.717, 1.165) is 25.9 Å². The van der Waals surface area contributed by atoms with Gasteiger partial charge in [0.2, 0.25) is 0 Å². The van der Waals surface area contributed by atoms with Gasteiger partial charge in [-0.25, -0.2) is 0 Å². The quantitative estimate of drug-likeness (QED) is 0.443. The van der Waals surface area contributed by atoms with Crippen molar-refractivity contribution >= 4 is 0 Å². The summed E-state index contributed by atoms with van der Waals surface area (Å²) in [6.07, 6.45) is 2.52. The lowest BCUT2D eigenvalue weighted by Gasteiger charge is -2.50. The number of methoxy groups -OCH3 is 1. The predicted octanol–water partition coefficient (Wildman–Crippen LogP) is 5.67. The first kappa shape index (κ1) is 28.3. The Balaban J connectivity index is 1.71. The first-order valence-corrected chi connectivity index (χ1v) is 13.9. The molecule has 6 unspecified atom stereocenters. The highest BCUT2D eigenvalue weighted by molar-refractivity contribution is 4.91. The van der Waals surface area contributed by atoms with Crippen LogP contribution in [0.1, 0.15) is 81.6 Å². The van der Waals surface area contributed by atoms with Gasteiger partial charge in [-0.15, -0.1) is 0 Å². The molecule has 0 bridgehead atoms. The molecule has 3 rings (SSSR count). The molecule has 200 valence electrons. The average Bonchev–Trinajstić information content (AvgIpc) is 2.83. The Morgan fingerprint density at radius 2 is 1.03 bits per heavy atom. The fourth-order valence-electron chi connectivity index (χ4n) is 6.12. The van der Waals surface area contributed by atoms with E-state index in [1.54, 1.807) is 7.11 Å². The van der Waals surface area contributed by atoms with E-state index < -0.39 is 0 Å². The number of hydrogen-bond donors (Lipinski definition) is 0. The molecule has 0 spiro atoms. The fraction of sp³-hybridized carbons (Fsp3) is 1.00. The predicted molar refractivity (Wildman–Crippen MR) is 133 cm³/mol. The van der Waals surface area contributed by atoms with E-state index in [1.807, 2.05) is 0 Å². The Morgan fingerprint density at radius 3 is 1.50 bits per heavy atom. The van der Waals surface area contributed by atoms with Crippen LogP contribution < -0.4 is 0 Å². The molecule has 0 radical (unpaired) electrons. The van der Waals surface area contributed by atoms with Crippen molar-refractivity contribution in [3.8, 4) is 0 Å². The average molecular weight is 485 g/mol. The Hall–Kier alpha value is -0.240. The summed E-state index contributed by atoms with van der Waals surface area (Å²) in [5.41, 5.74) is 0. The van der Waals surface area contributed by atoms with Crippen molar-refractivity contribution in [2.45, 2.75) is 131 Å². The summed E-state index contributed by atoms with van der Waals surface area (Å²) in [7, 11) is 1.79. The third-order valence-corrected chi connectivity index (χ3v) is 9.32. The zero-order chi connectivity index (χ0) is 25.2. The zero-order valence-corrected chi connectivity index (χ0v) is 23.4. The Kier molecular flexibility index (Phi) is 10.3. The van der Waals surface area contributed by atoms with Crippen LogP contribution in [0.5, 0.6) is 0 Å². The van der Waals surface area contributed by atoms with E-state index in [1.165, 1.54) is 0 Å². The highest BCUT2D eigenvalue weighted by Crippen LogP contribution is 2.41. The highest BCUT2D eigenvalue weighted by Gasteiger charge is 2.48. The van der Waals surface area contributed by atoms with Gasteiger partial charge in [-0.1, -0.05) is 62.3 Å². The van der Waals surface area contributed by atoms with E-state index in [-0.39, 0.29) is 67.0 Å². The van der Waals surface area contributed by atoms with Gasteiger partial charge in [-0.05, 0) is 42.9 Å². The van der Waals surface area contributed by atoms with Crippen LogP contribution >= 0.6 is 0 Å².